The summed E-state index contributed by atoms with van der Waals surface area (Å²) in [6, 6.07) is 29.2. The monoisotopic (exact) mass is 597 g/mol. The van der Waals surface area contributed by atoms with E-state index in [9.17, 15) is 18.0 Å². The zero-order valence-corrected chi connectivity index (χ0v) is 25.6. The highest BCUT2D eigenvalue weighted by molar-refractivity contribution is 7.89. The Morgan fingerprint density at radius 3 is 2.23 bits per heavy atom. The Labute approximate surface area is 254 Å². The number of nitrogens with one attached hydrogen (secondary N) is 1. The quantitative estimate of drug-likeness (QED) is 0.249. The molecule has 5 rings (SSSR count). The fourth-order valence-corrected chi connectivity index (χ4v) is 6.96. The van der Waals surface area contributed by atoms with Crippen molar-refractivity contribution < 1.29 is 18.0 Å². The molecule has 0 saturated heterocycles. The molecule has 1 saturated carbocycles. The van der Waals surface area contributed by atoms with Crippen molar-refractivity contribution in [3.63, 3.8) is 0 Å². The van der Waals surface area contributed by atoms with E-state index in [1.807, 2.05) is 85.8 Å². The van der Waals surface area contributed by atoms with Crippen LogP contribution in [0.25, 0.3) is 10.8 Å². The number of hydrogen-bond donors (Lipinski definition) is 1. The van der Waals surface area contributed by atoms with E-state index < -0.39 is 28.5 Å². The third-order valence-corrected chi connectivity index (χ3v) is 9.99. The number of aryl methyl sites for hydroxylation is 1. The normalized spacial score (nSPS) is 14.6. The van der Waals surface area contributed by atoms with Crippen LogP contribution in [0.2, 0.25) is 0 Å². The van der Waals surface area contributed by atoms with Gasteiger partial charge in [0, 0.05) is 26.1 Å². The minimum atomic E-state index is -3.98. The van der Waals surface area contributed by atoms with Crippen molar-refractivity contribution in [1.29, 1.82) is 0 Å². The molecule has 0 aromatic heterocycles. The summed E-state index contributed by atoms with van der Waals surface area (Å²) in [6.45, 7) is 1.76. The number of nitrogens with zero attached hydrogens (tertiary/aromatic N) is 2. The van der Waals surface area contributed by atoms with Crippen LogP contribution < -0.4 is 5.32 Å². The summed E-state index contributed by atoms with van der Waals surface area (Å²) in [5.74, 6) is -0.646. The summed E-state index contributed by atoms with van der Waals surface area (Å²) in [5, 5.41) is 4.93. The van der Waals surface area contributed by atoms with E-state index in [0.29, 0.717) is 6.42 Å². The number of benzene rings is 4. The molecular formula is C35H39N3O4S. The molecular weight excluding hydrogens is 558 g/mol. The van der Waals surface area contributed by atoms with Gasteiger partial charge in [0.25, 0.3) is 0 Å². The second-order valence-corrected chi connectivity index (χ2v) is 13.5. The first-order chi connectivity index (χ1) is 20.7. The maximum atomic E-state index is 14.1. The maximum Gasteiger partial charge on any atom is 0.243 e. The van der Waals surface area contributed by atoms with Gasteiger partial charge in [-0.25, -0.2) is 8.42 Å². The van der Waals surface area contributed by atoms with E-state index in [1.54, 1.807) is 23.1 Å². The van der Waals surface area contributed by atoms with Crippen LogP contribution in [0.1, 0.15) is 42.4 Å². The fourth-order valence-electron chi connectivity index (χ4n) is 5.80. The Morgan fingerprint density at radius 1 is 0.837 bits per heavy atom. The highest BCUT2D eigenvalue weighted by Gasteiger charge is 2.34. The zero-order chi connectivity index (χ0) is 30.4. The standard InChI is InChI=1S/C35H39N3O4S/c1-26-11-10-14-28(21-26)24-38(33(22-27-12-4-3-5-13-27)35(40)36-31-17-8-9-18-31)34(39)25-37(2)43(41,42)32-20-19-29-15-6-7-16-30(29)23-32/h3-7,10-16,19-21,23,31,33H,8-9,17-18,22,24-25H2,1-2H3,(H,36,40). The number of sulfonamides is 1. The van der Waals surface area contributed by atoms with Crippen LogP contribution in [0.4, 0.5) is 0 Å². The third kappa shape index (κ3) is 7.50. The molecule has 0 aliphatic heterocycles. The lowest BCUT2D eigenvalue weighted by Gasteiger charge is -2.33. The van der Waals surface area contributed by atoms with Gasteiger partial charge >= 0.3 is 0 Å². The number of hydrogen-bond acceptors (Lipinski definition) is 4. The molecule has 7 nitrogen and oxygen atoms in total. The van der Waals surface area contributed by atoms with Crippen molar-refractivity contribution in [2.75, 3.05) is 13.6 Å². The zero-order valence-electron chi connectivity index (χ0n) is 24.8. The second-order valence-electron chi connectivity index (χ2n) is 11.5. The number of likely N-dealkylation sites (N-methyl/N-ethyl adjacent to an activating group) is 1. The molecule has 2 amide bonds. The topological polar surface area (TPSA) is 86.8 Å². The largest absolute Gasteiger partial charge is 0.352 e. The highest BCUT2D eigenvalue weighted by atomic mass is 32.2. The van der Waals surface area contributed by atoms with Gasteiger partial charge in [-0.1, -0.05) is 103 Å². The van der Waals surface area contributed by atoms with Gasteiger partial charge in [-0.2, -0.15) is 4.31 Å². The van der Waals surface area contributed by atoms with E-state index in [2.05, 4.69) is 5.32 Å². The van der Waals surface area contributed by atoms with Crippen LogP contribution in [-0.2, 0) is 32.6 Å². The molecule has 1 fully saturated rings. The van der Waals surface area contributed by atoms with Gasteiger partial charge in [0.05, 0.1) is 11.4 Å². The van der Waals surface area contributed by atoms with Crippen molar-refractivity contribution in [1.82, 2.24) is 14.5 Å². The lowest BCUT2D eigenvalue weighted by atomic mass is 10.0. The van der Waals surface area contributed by atoms with Crippen LogP contribution >= 0.6 is 0 Å². The van der Waals surface area contributed by atoms with Crippen LogP contribution in [0, 0.1) is 6.92 Å². The maximum absolute atomic E-state index is 14.1. The molecule has 0 bridgehead atoms. The average Bonchev–Trinajstić information content (AvgIpc) is 3.52. The Morgan fingerprint density at radius 2 is 1.51 bits per heavy atom. The number of rotatable bonds is 11. The van der Waals surface area contributed by atoms with Gasteiger partial charge < -0.3 is 10.2 Å². The highest BCUT2D eigenvalue weighted by Crippen LogP contribution is 2.23. The molecule has 1 aliphatic rings. The minimum Gasteiger partial charge on any atom is -0.352 e. The number of fused-ring (bicyclic) bond motifs is 1. The first-order valence-corrected chi connectivity index (χ1v) is 16.3. The predicted molar refractivity (Wildman–Crippen MR) is 170 cm³/mol. The summed E-state index contributed by atoms with van der Waals surface area (Å²) in [4.78, 5) is 29.7. The second kappa shape index (κ2) is 13.5. The van der Waals surface area contributed by atoms with Crippen LogP contribution in [0.15, 0.2) is 102 Å². The van der Waals surface area contributed by atoms with Crippen LogP contribution in [0.5, 0.6) is 0 Å². The fraction of sp³-hybridized carbons (Fsp3) is 0.314. The van der Waals surface area contributed by atoms with Crippen LogP contribution in [-0.4, -0.2) is 55.1 Å². The van der Waals surface area contributed by atoms with Crippen LogP contribution in [0.3, 0.4) is 0 Å². The molecule has 4 aromatic carbocycles. The van der Waals surface area contributed by atoms with Gasteiger partial charge in [-0.15, -0.1) is 0 Å². The summed E-state index contributed by atoms with van der Waals surface area (Å²) >= 11 is 0. The van der Waals surface area contributed by atoms with Gasteiger partial charge in [0.1, 0.15) is 6.04 Å². The Hall–Kier alpha value is -4.01. The smallest absolute Gasteiger partial charge is 0.243 e. The number of carbonyl (C=O) groups excluding carboxylic acids is 2. The van der Waals surface area contributed by atoms with Crippen molar-refractivity contribution in [3.05, 3.63) is 114 Å². The van der Waals surface area contributed by atoms with E-state index in [-0.39, 0.29) is 23.4 Å². The molecule has 1 aliphatic carbocycles. The van der Waals surface area contributed by atoms with Crippen molar-refractivity contribution >= 4 is 32.6 Å². The predicted octanol–water partition coefficient (Wildman–Crippen LogP) is 5.47. The van der Waals surface area contributed by atoms with Crippen molar-refractivity contribution in [2.24, 2.45) is 0 Å². The lowest BCUT2D eigenvalue weighted by Crippen LogP contribution is -2.54. The van der Waals surface area contributed by atoms with Gasteiger partial charge in [0.2, 0.25) is 21.8 Å². The van der Waals surface area contributed by atoms with Crippen molar-refractivity contribution in [3.8, 4) is 0 Å². The van der Waals surface area contributed by atoms with E-state index >= 15 is 0 Å². The summed E-state index contributed by atoms with van der Waals surface area (Å²) in [6.07, 6.45) is 4.29. The first kappa shape index (κ1) is 30.4. The summed E-state index contributed by atoms with van der Waals surface area (Å²) in [7, 11) is -2.56. The molecule has 1 atom stereocenters. The van der Waals surface area contributed by atoms with E-state index in [1.165, 1.54) is 7.05 Å². The number of amides is 2. The van der Waals surface area contributed by atoms with E-state index in [0.717, 1.165) is 57.5 Å². The third-order valence-electron chi connectivity index (χ3n) is 8.20. The molecule has 1 N–H and O–H groups in total. The molecule has 8 heteroatoms. The molecule has 0 spiro atoms. The van der Waals surface area contributed by atoms with Gasteiger partial charge in [-0.05, 0) is 53.8 Å². The molecule has 43 heavy (non-hydrogen) atoms. The van der Waals surface area contributed by atoms with E-state index in [4.69, 9.17) is 0 Å². The molecule has 0 heterocycles. The minimum absolute atomic E-state index is 0.0812. The Bertz CT molecular complexity index is 1680. The average molecular weight is 598 g/mol. The van der Waals surface area contributed by atoms with Crippen molar-refractivity contribution in [2.45, 2.75) is 62.6 Å². The molecule has 0 radical (unpaired) electrons. The van der Waals surface area contributed by atoms with Gasteiger partial charge in [-0.3, -0.25) is 9.59 Å². The Kier molecular flexibility index (Phi) is 9.58. The lowest BCUT2D eigenvalue weighted by molar-refractivity contribution is -0.141. The molecule has 1 unspecified atom stereocenters. The van der Waals surface area contributed by atoms with Gasteiger partial charge in [0.15, 0.2) is 0 Å². The first-order valence-electron chi connectivity index (χ1n) is 14.8. The summed E-state index contributed by atoms with van der Waals surface area (Å²) in [5.41, 5.74) is 2.84. The SMILES string of the molecule is Cc1cccc(CN(C(=O)CN(C)S(=O)(=O)c2ccc3ccccc3c2)C(Cc2ccccc2)C(=O)NC2CCCC2)c1. The molecule has 224 valence electrons. The number of carbonyl (C=O) groups is 2. The Balaban J connectivity index is 1.46. The molecule has 4 aromatic rings. The summed E-state index contributed by atoms with van der Waals surface area (Å²) < 4.78 is 28.4.